The van der Waals surface area contributed by atoms with Gasteiger partial charge >= 0.3 is 0 Å². The average molecular weight is 207 g/mol. The highest BCUT2D eigenvalue weighted by Gasteiger charge is 1.89. The van der Waals surface area contributed by atoms with E-state index in [0.717, 1.165) is 11.8 Å². The maximum atomic E-state index is 10.3. The summed E-state index contributed by atoms with van der Waals surface area (Å²) in [6.07, 6.45) is 2.35. The zero-order valence-electron chi connectivity index (χ0n) is 7.31. The molecule has 1 rings (SSSR count). The molecule has 0 fully saturated rings. The fraction of sp³-hybridized carbons (Fsp3) is 0. The van der Waals surface area contributed by atoms with Gasteiger partial charge in [-0.25, -0.2) is 0 Å². The average Bonchev–Trinajstić information content (AvgIpc) is 2.18. The molecule has 0 aliphatic heterocycles. The Morgan fingerprint density at radius 2 is 1.93 bits per heavy atom. The van der Waals surface area contributed by atoms with Crippen molar-refractivity contribution in [3.05, 3.63) is 35.4 Å². The molecule has 1 aromatic rings. The zero-order valence-corrected chi connectivity index (χ0v) is 8.12. The van der Waals surface area contributed by atoms with Crippen LogP contribution in [0.3, 0.4) is 0 Å². The number of hydrazone groups is 1. The SMILES string of the molecule is NC(=S)NN=Cc1ccc(C=O)cc1. The molecular weight excluding hydrogens is 198 g/mol. The van der Waals surface area contributed by atoms with Gasteiger partial charge in [-0.2, -0.15) is 5.10 Å². The van der Waals surface area contributed by atoms with Crippen LogP contribution in [0.25, 0.3) is 0 Å². The molecule has 0 bridgehead atoms. The number of carbonyl (C=O) groups excluding carboxylic acids is 1. The Hall–Kier alpha value is -1.75. The van der Waals surface area contributed by atoms with Crippen molar-refractivity contribution >= 4 is 29.8 Å². The van der Waals surface area contributed by atoms with Crippen molar-refractivity contribution < 1.29 is 4.79 Å². The topological polar surface area (TPSA) is 67.5 Å². The minimum atomic E-state index is 0.116. The second kappa shape index (κ2) is 5.08. The van der Waals surface area contributed by atoms with E-state index in [9.17, 15) is 4.79 Å². The summed E-state index contributed by atoms with van der Waals surface area (Å²) in [4.78, 5) is 10.3. The van der Waals surface area contributed by atoms with Crippen molar-refractivity contribution in [2.24, 2.45) is 10.8 Å². The molecule has 0 aromatic heterocycles. The van der Waals surface area contributed by atoms with Crippen molar-refractivity contribution in [1.82, 2.24) is 5.43 Å². The number of hydrogen-bond donors (Lipinski definition) is 2. The predicted molar refractivity (Wildman–Crippen MR) is 59.3 cm³/mol. The number of nitrogens with two attached hydrogens (primary N) is 1. The highest BCUT2D eigenvalue weighted by atomic mass is 32.1. The van der Waals surface area contributed by atoms with Crippen LogP contribution < -0.4 is 11.2 Å². The van der Waals surface area contributed by atoms with Gasteiger partial charge in [0.05, 0.1) is 6.21 Å². The highest BCUT2D eigenvalue weighted by molar-refractivity contribution is 7.80. The van der Waals surface area contributed by atoms with Gasteiger partial charge < -0.3 is 5.73 Å². The highest BCUT2D eigenvalue weighted by Crippen LogP contribution is 1.99. The molecule has 0 saturated carbocycles. The third kappa shape index (κ3) is 3.32. The third-order valence-electron chi connectivity index (χ3n) is 1.46. The summed E-state index contributed by atoms with van der Waals surface area (Å²) >= 11 is 4.56. The van der Waals surface area contributed by atoms with Gasteiger partial charge in [-0.15, -0.1) is 0 Å². The van der Waals surface area contributed by atoms with Gasteiger partial charge in [0.2, 0.25) is 0 Å². The van der Waals surface area contributed by atoms with E-state index >= 15 is 0 Å². The van der Waals surface area contributed by atoms with Gasteiger partial charge in [-0.1, -0.05) is 24.3 Å². The normalized spacial score (nSPS) is 10.0. The van der Waals surface area contributed by atoms with E-state index < -0.39 is 0 Å². The maximum Gasteiger partial charge on any atom is 0.184 e. The summed E-state index contributed by atoms with van der Waals surface area (Å²) < 4.78 is 0. The van der Waals surface area contributed by atoms with Crippen molar-refractivity contribution in [3.8, 4) is 0 Å². The Balaban J connectivity index is 2.63. The maximum absolute atomic E-state index is 10.3. The molecule has 0 unspecified atom stereocenters. The van der Waals surface area contributed by atoms with Gasteiger partial charge in [-0.05, 0) is 17.8 Å². The molecule has 0 amide bonds. The summed E-state index contributed by atoms with van der Waals surface area (Å²) in [5.41, 5.74) is 9.08. The van der Waals surface area contributed by atoms with E-state index in [1.54, 1.807) is 30.5 Å². The van der Waals surface area contributed by atoms with E-state index in [2.05, 4.69) is 22.7 Å². The lowest BCUT2D eigenvalue weighted by atomic mass is 10.2. The molecule has 0 aliphatic carbocycles. The first-order chi connectivity index (χ1) is 6.72. The fourth-order valence-corrected chi connectivity index (χ4v) is 0.884. The molecule has 0 radical (unpaired) electrons. The second-order valence-corrected chi connectivity index (χ2v) is 2.96. The lowest BCUT2D eigenvalue weighted by Crippen LogP contribution is -2.23. The van der Waals surface area contributed by atoms with Crippen LogP contribution in [-0.2, 0) is 0 Å². The Bertz CT molecular complexity index is 359. The molecule has 0 heterocycles. The minimum Gasteiger partial charge on any atom is -0.375 e. The van der Waals surface area contributed by atoms with Crippen molar-refractivity contribution in [1.29, 1.82) is 0 Å². The molecule has 14 heavy (non-hydrogen) atoms. The first kappa shape index (κ1) is 10.3. The molecule has 5 heteroatoms. The largest absolute Gasteiger partial charge is 0.375 e. The lowest BCUT2D eigenvalue weighted by molar-refractivity contribution is 0.112. The number of carbonyl (C=O) groups is 1. The van der Waals surface area contributed by atoms with Crippen LogP contribution in [0.4, 0.5) is 0 Å². The molecule has 0 aliphatic rings. The van der Waals surface area contributed by atoms with E-state index in [4.69, 9.17) is 5.73 Å². The van der Waals surface area contributed by atoms with E-state index in [0.29, 0.717) is 5.56 Å². The summed E-state index contributed by atoms with van der Waals surface area (Å²) in [6.45, 7) is 0. The van der Waals surface area contributed by atoms with Crippen LogP contribution in [0.15, 0.2) is 29.4 Å². The number of nitrogens with one attached hydrogen (secondary N) is 1. The molecular formula is C9H9N3OS. The van der Waals surface area contributed by atoms with Crippen molar-refractivity contribution in [2.45, 2.75) is 0 Å². The van der Waals surface area contributed by atoms with Gasteiger partial charge in [0.15, 0.2) is 5.11 Å². The Morgan fingerprint density at radius 3 is 2.43 bits per heavy atom. The molecule has 0 atom stereocenters. The smallest absolute Gasteiger partial charge is 0.184 e. The summed E-state index contributed by atoms with van der Waals surface area (Å²) in [6, 6.07) is 6.95. The standard InChI is InChI=1S/C9H9N3OS/c10-9(14)12-11-5-7-1-3-8(6-13)4-2-7/h1-6H,(H3,10,12,14). The number of hydrogen-bond acceptors (Lipinski definition) is 3. The number of thiocarbonyl (C=S) groups is 1. The van der Waals surface area contributed by atoms with Gasteiger partial charge in [0, 0.05) is 5.56 Å². The van der Waals surface area contributed by atoms with Crippen LogP contribution in [0, 0.1) is 0 Å². The number of rotatable bonds is 3. The Kier molecular flexibility index (Phi) is 3.75. The molecule has 3 N–H and O–H groups in total. The minimum absolute atomic E-state index is 0.116. The quantitative estimate of drug-likeness (QED) is 0.331. The van der Waals surface area contributed by atoms with Crippen LogP contribution >= 0.6 is 12.2 Å². The van der Waals surface area contributed by atoms with E-state index in [-0.39, 0.29) is 5.11 Å². The van der Waals surface area contributed by atoms with Crippen molar-refractivity contribution in [2.75, 3.05) is 0 Å². The molecule has 0 spiro atoms. The van der Waals surface area contributed by atoms with E-state index in [1.165, 1.54) is 0 Å². The Morgan fingerprint density at radius 1 is 1.36 bits per heavy atom. The third-order valence-corrected chi connectivity index (χ3v) is 1.55. The summed E-state index contributed by atoms with van der Waals surface area (Å²) in [5, 5.41) is 3.88. The fourth-order valence-electron chi connectivity index (χ4n) is 0.831. The first-order valence-corrected chi connectivity index (χ1v) is 4.27. The number of benzene rings is 1. The monoisotopic (exact) mass is 207 g/mol. The summed E-state index contributed by atoms with van der Waals surface area (Å²) in [5.74, 6) is 0. The lowest BCUT2D eigenvalue weighted by Gasteiger charge is -1.95. The van der Waals surface area contributed by atoms with E-state index in [1.807, 2.05) is 0 Å². The zero-order chi connectivity index (χ0) is 10.4. The number of aldehydes is 1. The second-order valence-electron chi connectivity index (χ2n) is 2.52. The summed E-state index contributed by atoms with van der Waals surface area (Å²) in [7, 11) is 0. The van der Waals surface area contributed by atoms with Gasteiger partial charge in [0.1, 0.15) is 6.29 Å². The van der Waals surface area contributed by atoms with Crippen LogP contribution in [0.5, 0.6) is 0 Å². The Labute approximate surface area is 86.8 Å². The molecule has 72 valence electrons. The number of nitrogens with zero attached hydrogens (tertiary/aromatic N) is 1. The van der Waals surface area contributed by atoms with Crippen LogP contribution in [0.1, 0.15) is 15.9 Å². The molecule has 1 aromatic carbocycles. The van der Waals surface area contributed by atoms with Crippen molar-refractivity contribution in [3.63, 3.8) is 0 Å². The van der Waals surface area contributed by atoms with Crippen LogP contribution in [-0.4, -0.2) is 17.6 Å². The first-order valence-electron chi connectivity index (χ1n) is 3.86. The predicted octanol–water partition coefficient (Wildman–Crippen LogP) is 0.666. The molecule has 0 saturated heterocycles. The van der Waals surface area contributed by atoms with Gasteiger partial charge in [-0.3, -0.25) is 10.2 Å². The van der Waals surface area contributed by atoms with Crippen LogP contribution in [0.2, 0.25) is 0 Å². The van der Waals surface area contributed by atoms with Gasteiger partial charge in [0.25, 0.3) is 0 Å². The molecule has 4 nitrogen and oxygen atoms in total.